The first kappa shape index (κ1) is 9.20. The maximum absolute atomic E-state index is 10.6. The first-order valence-electron chi connectivity index (χ1n) is 3.93. The van der Waals surface area contributed by atoms with Crippen molar-refractivity contribution in [1.82, 2.24) is 0 Å². The van der Waals surface area contributed by atoms with Gasteiger partial charge in [0.15, 0.2) is 0 Å². The van der Waals surface area contributed by atoms with E-state index in [2.05, 4.69) is 0 Å². The summed E-state index contributed by atoms with van der Waals surface area (Å²) in [6, 6.07) is 0. The minimum Gasteiger partial charge on any atom is -0.373 e. The van der Waals surface area contributed by atoms with Gasteiger partial charge < -0.3 is 4.74 Å². The summed E-state index contributed by atoms with van der Waals surface area (Å²) in [7, 11) is 1.61. The van der Waals surface area contributed by atoms with Gasteiger partial charge in [0.1, 0.15) is 0 Å². The molecule has 0 spiro atoms. The van der Waals surface area contributed by atoms with E-state index in [4.69, 9.17) is 4.74 Å². The third-order valence-electron chi connectivity index (χ3n) is 2.58. The predicted octanol–water partition coefficient (Wildman–Crippen LogP) is 1.63. The van der Waals surface area contributed by atoms with Gasteiger partial charge in [0, 0.05) is 7.11 Å². The van der Waals surface area contributed by atoms with Crippen LogP contribution in [0.2, 0.25) is 0 Å². The van der Waals surface area contributed by atoms with Crippen LogP contribution in [0.3, 0.4) is 0 Å². The molecule has 12 heavy (non-hydrogen) atoms. The second-order valence-electron chi connectivity index (χ2n) is 3.14. The Labute approximate surface area is 72.9 Å². The summed E-state index contributed by atoms with van der Waals surface area (Å²) in [4.78, 5) is 10.6. The third kappa shape index (κ3) is 1.23. The van der Waals surface area contributed by atoms with Crippen LogP contribution in [0.15, 0.2) is 23.8 Å². The van der Waals surface area contributed by atoms with Crippen molar-refractivity contribution in [3.05, 3.63) is 23.8 Å². The van der Waals surface area contributed by atoms with Crippen LogP contribution in [0.25, 0.3) is 0 Å². The maximum atomic E-state index is 10.6. The number of rotatable bonds is 2. The van der Waals surface area contributed by atoms with Gasteiger partial charge in [-0.25, -0.2) is 0 Å². The largest absolute Gasteiger partial charge is 0.373 e. The van der Waals surface area contributed by atoms with Crippen LogP contribution < -0.4 is 0 Å². The molecular formula is C10H13O2. The summed E-state index contributed by atoms with van der Waals surface area (Å²) >= 11 is 0. The monoisotopic (exact) mass is 165 g/mol. The topological polar surface area (TPSA) is 26.3 Å². The van der Waals surface area contributed by atoms with Crippen molar-refractivity contribution in [2.75, 3.05) is 7.11 Å². The van der Waals surface area contributed by atoms with Gasteiger partial charge in [-0.05, 0) is 19.4 Å². The smallest absolute Gasteiger partial charge is 0.209 e. The summed E-state index contributed by atoms with van der Waals surface area (Å²) < 4.78 is 5.31. The van der Waals surface area contributed by atoms with Crippen molar-refractivity contribution in [1.29, 1.82) is 0 Å². The molecule has 0 saturated carbocycles. The minimum atomic E-state index is -0.503. The Kier molecular flexibility index (Phi) is 2.48. The normalized spacial score (nSPS) is 34.6. The molecule has 0 heterocycles. The Bertz CT molecular complexity index is 240. The minimum absolute atomic E-state index is 0.285. The number of allylic oxidation sites excluding steroid dienone is 2. The van der Waals surface area contributed by atoms with Crippen LogP contribution in [0, 0.1) is 5.92 Å². The number of carbonyl (C=O) groups excluding carboxylic acids is 1. The highest BCUT2D eigenvalue weighted by atomic mass is 16.5. The van der Waals surface area contributed by atoms with Crippen molar-refractivity contribution in [3.63, 3.8) is 0 Å². The van der Waals surface area contributed by atoms with Gasteiger partial charge in [-0.3, -0.25) is 4.79 Å². The van der Waals surface area contributed by atoms with E-state index in [0.717, 1.165) is 5.57 Å². The lowest BCUT2D eigenvalue weighted by molar-refractivity contribution is 0.0209. The molecule has 0 aromatic heterocycles. The fourth-order valence-electron chi connectivity index (χ4n) is 1.35. The Morgan fingerprint density at radius 2 is 2.33 bits per heavy atom. The molecule has 2 heteroatoms. The summed E-state index contributed by atoms with van der Waals surface area (Å²) in [5, 5.41) is 0. The van der Waals surface area contributed by atoms with Crippen molar-refractivity contribution < 1.29 is 9.53 Å². The van der Waals surface area contributed by atoms with Crippen molar-refractivity contribution in [2.24, 2.45) is 5.92 Å². The Morgan fingerprint density at radius 1 is 1.67 bits per heavy atom. The molecule has 1 aliphatic carbocycles. The molecule has 0 bridgehead atoms. The zero-order valence-corrected chi connectivity index (χ0v) is 7.63. The van der Waals surface area contributed by atoms with Crippen LogP contribution in [0.1, 0.15) is 13.8 Å². The highest BCUT2D eigenvalue weighted by Crippen LogP contribution is 2.31. The SMILES string of the molecule is COC1(C)C(C)=CC=CC1[C]=O. The molecule has 0 N–H and O–H groups in total. The number of hydrogen-bond acceptors (Lipinski definition) is 2. The van der Waals surface area contributed by atoms with E-state index in [1.54, 1.807) is 7.11 Å². The van der Waals surface area contributed by atoms with Gasteiger partial charge in [0.25, 0.3) is 0 Å². The molecule has 1 radical (unpaired) electrons. The van der Waals surface area contributed by atoms with Crippen molar-refractivity contribution >= 4 is 6.29 Å². The second kappa shape index (κ2) is 3.23. The van der Waals surface area contributed by atoms with E-state index in [9.17, 15) is 4.79 Å². The first-order chi connectivity index (χ1) is 5.65. The Morgan fingerprint density at radius 3 is 2.75 bits per heavy atom. The van der Waals surface area contributed by atoms with Gasteiger partial charge in [0.2, 0.25) is 6.29 Å². The van der Waals surface area contributed by atoms with Gasteiger partial charge in [-0.15, -0.1) is 0 Å². The molecular weight excluding hydrogens is 152 g/mol. The van der Waals surface area contributed by atoms with E-state index >= 15 is 0 Å². The van der Waals surface area contributed by atoms with Gasteiger partial charge in [-0.2, -0.15) is 0 Å². The number of hydrogen-bond donors (Lipinski definition) is 0. The number of methoxy groups -OCH3 is 1. The van der Waals surface area contributed by atoms with Gasteiger partial charge in [-0.1, -0.05) is 18.2 Å². The molecule has 0 aromatic carbocycles. The average Bonchev–Trinajstić information content (AvgIpc) is 2.10. The van der Waals surface area contributed by atoms with E-state index in [1.165, 1.54) is 0 Å². The fraction of sp³-hybridized carbons (Fsp3) is 0.500. The second-order valence-corrected chi connectivity index (χ2v) is 3.14. The quantitative estimate of drug-likeness (QED) is 0.621. The van der Waals surface area contributed by atoms with E-state index < -0.39 is 5.60 Å². The van der Waals surface area contributed by atoms with E-state index in [1.807, 2.05) is 38.4 Å². The number of ether oxygens (including phenoxy) is 1. The third-order valence-corrected chi connectivity index (χ3v) is 2.58. The standard InChI is InChI=1S/C10H13O2/c1-8-5-4-6-9(7-11)10(8,2)12-3/h4-6,9H,1-3H3. The zero-order valence-electron chi connectivity index (χ0n) is 7.63. The van der Waals surface area contributed by atoms with E-state index in [0.29, 0.717) is 0 Å². The summed E-state index contributed by atoms with van der Waals surface area (Å²) in [5.41, 5.74) is 0.553. The van der Waals surface area contributed by atoms with Crippen LogP contribution in [0.5, 0.6) is 0 Å². The van der Waals surface area contributed by atoms with Crippen LogP contribution in [-0.4, -0.2) is 19.0 Å². The lowest BCUT2D eigenvalue weighted by Gasteiger charge is -2.34. The fourth-order valence-corrected chi connectivity index (χ4v) is 1.35. The summed E-state index contributed by atoms with van der Waals surface area (Å²) in [6.07, 6.45) is 7.60. The van der Waals surface area contributed by atoms with Gasteiger partial charge >= 0.3 is 0 Å². The van der Waals surface area contributed by atoms with Crippen molar-refractivity contribution in [3.8, 4) is 0 Å². The van der Waals surface area contributed by atoms with Crippen LogP contribution in [-0.2, 0) is 9.53 Å². The maximum Gasteiger partial charge on any atom is 0.209 e. The molecule has 1 aliphatic rings. The molecule has 0 aliphatic heterocycles. The molecule has 0 fully saturated rings. The molecule has 0 amide bonds. The first-order valence-corrected chi connectivity index (χ1v) is 3.93. The molecule has 2 nitrogen and oxygen atoms in total. The van der Waals surface area contributed by atoms with Crippen LogP contribution in [0.4, 0.5) is 0 Å². The Balaban J connectivity index is 3.01. The molecule has 1 rings (SSSR count). The lowest BCUT2D eigenvalue weighted by Crippen LogP contribution is -2.39. The molecule has 65 valence electrons. The predicted molar refractivity (Wildman–Crippen MR) is 47.5 cm³/mol. The van der Waals surface area contributed by atoms with Gasteiger partial charge in [0.05, 0.1) is 11.5 Å². The highest BCUT2D eigenvalue weighted by molar-refractivity contribution is 5.62. The summed E-state index contributed by atoms with van der Waals surface area (Å²) in [6.45, 7) is 3.86. The average molecular weight is 165 g/mol. The summed E-state index contributed by atoms with van der Waals surface area (Å²) in [5.74, 6) is -0.285. The highest BCUT2D eigenvalue weighted by Gasteiger charge is 2.36. The van der Waals surface area contributed by atoms with E-state index in [-0.39, 0.29) is 5.92 Å². The molecule has 2 atom stereocenters. The lowest BCUT2D eigenvalue weighted by atomic mass is 9.80. The molecule has 0 saturated heterocycles. The molecule has 2 unspecified atom stereocenters. The Hall–Kier alpha value is -0.890. The van der Waals surface area contributed by atoms with Crippen molar-refractivity contribution in [2.45, 2.75) is 19.4 Å². The zero-order chi connectivity index (χ0) is 9.19. The molecule has 0 aromatic rings. The van der Waals surface area contributed by atoms with Crippen LogP contribution >= 0.6 is 0 Å².